The monoisotopic (exact) mass is 418 g/mol. The van der Waals surface area contributed by atoms with Gasteiger partial charge in [0.05, 0.1) is 38.0 Å². The maximum Gasteiger partial charge on any atom is 0.260 e. The standard InChI is InChI=1S/C21H24ClN3O2S/c1-4-24(5-2)12-13-25(20(26)15-8-6-9-16(22)14-15)21-23-19-17(27-3)10-7-11-18(19)28-21/h6-11,14H,4-5,12-13H2,1-3H3/p+1. The van der Waals surface area contributed by atoms with Crippen molar-refractivity contribution in [3.8, 4) is 5.75 Å². The highest BCUT2D eigenvalue weighted by atomic mass is 35.5. The highest BCUT2D eigenvalue weighted by Gasteiger charge is 2.23. The Balaban J connectivity index is 1.99. The fraction of sp³-hybridized carbons (Fsp3) is 0.333. The van der Waals surface area contributed by atoms with E-state index in [1.54, 1.807) is 36.3 Å². The number of hydrogen-bond donors (Lipinski definition) is 1. The largest absolute Gasteiger partial charge is 0.494 e. The molecule has 0 spiro atoms. The molecule has 2 aromatic carbocycles. The molecule has 0 fully saturated rings. The number of amides is 1. The number of hydrogen-bond acceptors (Lipinski definition) is 4. The number of halogens is 1. The van der Waals surface area contributed by atoms with E-state index in [2.05, 4.69) is 13.8 Å². The summed E-state index contributed by atoms with van der Waals surface area (Å²) in [5.41, 5.74) is 1.34. The predicted octanol–water partition coefficient (Wildman–Crippen LogP) is 3.53. The van der Waals surface area contributed by atoms with Crippen LogP contribution in [0, 0.1) is 0 Å². The molecular weight excluding hydrogens is 394 g/mol. The van der Waals surface area contributed by atoms with Crippen LogP contribution < -0.4 is 14.5 Å². The maximum absolute atomic E-state index is 13.3. The van der Waals surface area contributed by atoms with Crippen LogP contribution in [0.15, 0.2) is 42.5 Å². The second-order valence-corrected chi connectivity index (χ2v) is 7.92. The number of quaternary nitrogens is 1. The van der Waals surface area contributed by atoms with Crippen molar-refractivity contribution in [2.75, 3.05) is 38.2 Å². The molecule has 7 heteroatoms. The minimum absolute atomic E-state index is 0.0907. The molecule has 1 aromatic heterocycles. The number of nitrogens with zero attached hydrogens (tertiary/aromatic N) is 2. The molecule has 0 bridgehead atoms. The van der Waals surface area contributed by atoms with E-state index >= 15 is 0 Å². The number of benzene rings is 2. The summed E-state index contributed by atoms with van der Waals surface area (Å²) in [6.45, 7) is 7.79. The minimum Gasteiger partial charge on any atom is -0.494 e. The van der Waals surface area contributed by atoms with Crippen molar-refractivity contribution in [2.24, 2.45) is 0 Å². The number of thiazole rings is 1. The number of anilines is 1. The molecule has 0 atom stereocenters. The number of methoxy groups -OCH3 is 1. The van der Waals surface area contributed by atoms with E-state index in [9.17, 15) is 4.79 Å². The molecule has 0 aliphatic rings. The highest BCUT2D eigenvalue weighted by Crippen LogP contribution is 2.34. The van der Waals surface area contributed by atoms with E-state index in [-0.39, 0.29) is 5.91 Å². The number of rotatable bonds is 8. The highest BCUT2D eigenvalue weighted by molar-refractivity contribution is 7.22. The van der Waals surface area contributed by atoms with Crippen LogP contribution in [0.4, 0.5) is 5.13 Å². The SMILES string of the molecule is CC[NH+](CC)CCN(C(=O)c1cccc(Cl)c1)c1nc2c(OC)cccc2s1. The van der Waals surface area contributed by atoms with Crippen LogP contribution in [0.25, 0.3) is 10.2 Å². The summed E-state index contributed by atoms with van der Waals surface area (Å²) in [4.78, 5) is 21.2. The molecule has 1 heterocycles. The van der Waals surface area contributed by atoms with E-state index in [1.807, 2.05) is 18.2 Å². The van der Waals surface area contributed by atoms with Gasteiger partial charge in [0, 0.05) is 10.6 Å². The number of likely N-dealkylation sites (N-methyl/N-ethyl adjacent to an activating group) is 1. The third-order valence-electron chi connectivity index (χ3n) is 4.83. The van der Waals surface area contributed by atoms with E-state index in [0.29, 0.717) is 28.0 Å². The maximum atomic E-state index is 13.3. The van der Waals surface area contributed by atoms with Crippen LogP contribution in [0.1, 0.15) is 24.2 Å². The van der Waals surface area contributed by atoms with Crippen molar-refractivity contribution in [3.63, 3.8) is 0 Å². The van der Waals surface area contributed by atoms with Crippen LogP contribution >= 0.6 is 22.9 Å². The molecule has 0 radical (unpaired) electrons. The first kappa shape index (κ1) is 20.6. The smallest absolute Gasteiger partial charge is 0.260 e. The van der Waals surface area contributed by atoms with Crippen LogP contribution in [0.3, 0.4) is 0 Å². The second-order valence-electron chi connectivity index (χ2n) is 6.48. The van der Waals surface area contributed by atoms with Gasteiger partial charge in [-0.3, -0.25) is 9.69 Å². The Hall–Kier alpha value is -2.15. The van der Waals surface area contributed by atoms with Crippen molar-refractivity contribution in [2.45, 2.75) is 13.8 Å². The number of nitrogens with one attached hydrogen (secondary N) is 1. The van der Waals surface area contributed by atoms with E-state index in [4.69, 9.17) is 21.3 Å². The van der Waals surface area contributed by atoms with Crippen molar-refractivity contribution >= 4 is 44.2 Å². The second kappa shape index (κ2) is 9.37. The molecule has 3 rings (SSSR count). The van der Waals surface area contributed by atoms with Gasteiger partial charge < -0.3 is 9.64 Å². The number of ether oxygens (including phenoxy) is 1. The van der Waals surface area contributed by atoms with E-state index in [0.717, 1.165) is 29.9 Å². The van der Waals surface area contributed by atoms with Crippen molar-refractivity contribution in [3.05, 3.63) is 53.1 Å². The Labute approximate surface area is 174 Å². The molecule has 3 aromatic rings. The first-order valence-corrected chi connectivity index (χ1v) is 10.6. The Morgan fingerprint density at radius 3 is 2.64 bits per heavy atom. The summed E-state index contributed by atoms with van der Waals surface area (Å²) in [7, 11) is 1.63. The lowest BCUT2D eigenvalue weighted by molar-refractivity contribution is -0.894. The van der Waals surface area contributed by atoms with Crippen molar-refractivity contribution in [1.82, 2.24) is 4.98 Å². The molecule has 0 aliphatic heterocycles. The summed E-state index contributed by atoms with van der Waals surface area (Å²) in [5.74, 6) is 0.622. The molecule has 1 amide bonds. The van der Waals surface area contributed by atoms with Gasteiger partial charge in [-0.25, -0.2) is 4.98 Å². The summed E-state index contributed by atoms with van der Waals surface area (Å²) in [5, 5.41) is 1.22. The van der Waals surface area contributed by atoms with E-state index < -0.39 is 0 Å². The summed E-state index contributed by atoms with van der Waals surface area (Å²) in [6, 6.07) is 12.9. The van der Waals surface area contributed by atoms with Crippen LogP contribution in [0.5, 0.6) is 5.75 Å². The Bertz CT molecular complexity index is 956. The third kappa shape index (κ3) is 4.46. The zero-order chi connectivity index (χ0) is 20.1. The molecule has 28 heavy (non-hydrogen) atoms. The Morgan fingerprint density at radius 2 is 1.96 bits per heavy atom. The van der Waals surface area contributed by atoms with Gasteiger partial charge in [0.25, 0.3) is 5.91 Å². The Morgan fingerprint density at radius 1 is 1.21 bits per heavy atom. The molecule has 0 unspecified atom stereocenters. The van der Waals surface area contributed by atoms with Gasteiger partial charge in [0.15, 0.2) is 5.13 Å². The van der Waals surface area contributed by atoms with Crippen molar-refractivity contribution < 1.29 is 14.4 Å². The number of fused-ring (bicyclic) bond motifs is 1. The van der Waals surface area contributed by atoms with Gasteiger partial charge >= 0.3 is 0 Å². The van der Waals surface area contributed by atoms with Gasteiger partial charge in [0.2, 0.25) is 0 Å². The molecule has 0 aliphatic carbocycles. The topological polar surface area (TPSA) is 46.9 Å². The average molecular weight is 419 g/mol. The Kier molecular flexibility index (Phi) is 6.88. The predicted molar refractivity (Wildman–Crippen MR) is 116 cm³/mol. The number of para-hydroxylation sites is 1. The van der Waals surface area contributed by atoms with Gasteiger partial charge in [-0.05, 0) is 44.2 Å². The van der Waals surface area contributed by atoms with Gasteiger partial charge in [-0.1, -0.05) is 35.1 Å². The molecule has 5 nitrogen and oxygen atoms in total. The van der Waals surface area contributed by atoms with Crippen LogP contribution in [-0.4, -0.2) is 44.2 Å². The summed E-state index contributed by atoms with van der Waals surface area (Å²) < 4.78 is 6.43. The number of carbonyl (C=O) groups excluding carboxylic acids is 1. The average Bonchev–Trinajstić information content (AvgIpc) is 3.14. The lowest BCUT2D eigenvalue weighted by Crippen LogP contribution is -3.12. The van der Waals surface area contributed by atoms with Gasteiger partial charge in [-0.15, -0.1) is 0 Å². The van der Waals surface area contributed by atoms with E-state index in [1.165, 1.54) is 16.2 Å². The fourth-order valence-corrected chi connectivity index (χ4v) is 4.32. The summed E-state index contributed by atoms with van der Waals surface area (Å²) in [6.07, 6.45) is 0. The van der Waals surface area contributed by atoms with Gasteiger partial charge in [0.1, 0.15) is 11.3 Å². The quantitative estimate of drug-likeness (QED) is 0.608. The van der Waals surface area contributed by atoms with Gasteiger partial charge in [-0.2, -0.15) is 0 Å². The molecular formula is C21H25ClN3O2S+. The molecule has 0 saturated carbocycles. The zero-order valence-corrected chi connectivity index (χ0v) is 17.9. The minimum atomic E-state index is -0.0907. The molecule has 0 saturated heterocycles. The molecule has 1 N–H and O–H groups in total. The van der Waals surface area contributed by atoms with Crippen molar-refractivity contribution in [1.29, 1.82) is 0 Å². The summed E-state index contributed by atoms with van der Waals surface area (Å²) >= 11 is 7.61. The fourth-order valence-electron chi connectivity index (χ4n) is 3.13. The normalized spacial score (nSPS) is 11.2. The van der Waals surface area contributed by atoms with Crippen LogP contribution in [0.2, 0.25) is 5.02 Å². The lowest BCUT2D eigenvalue weighted by Gasteiger charge is -2.23. The lowest BCUT2D eigenvalue weighted by atomic mass is 10.2. The van der Waals surface area contributed by atoms with Crippen LogP contribution in [-0.2, 0) is 0 Å². The molecule has 148 valence electrons. The third-order valence-corrected chi connectivity index (χ3v) is 6.11. The number of aromatic nitrogens is 1. The number of carbonyl (C=O) groups is 1. The first-order chi connectivity index (χ1) is 13.6. The zero-order valence-electron chi connectivity index (χ0n) is 16.4. The first-order valence-electron chi connectivity index (χ1n) is 9.41.